The van der Waals surface area contributed by atoms with E-state index in [9.17, 15) is 0 Å². The third kappa shape index (κ3) is 5.35. The second-order valence-electron chi connectivity index (χ2n) is 6.90. The lowest BCUT2D eigenvalue weighted by atomic mass is 9.88. The Labute approximate surface area is 129 Å². The molecule has 2 aromatic rings. The van der Waals surface area contributed by atoms with E-state index in [0.717, 1.165) is 19.5 Å². The van der Waals surface area contributed by atoms with Gasteiger partial charge in [0.05, 0.1) is 0 Å². The summed E-state index contributed by atoms with van der Waals surface area (Å²) in [5, 5.41) is 3.60. The maximum Gasteiger partial charge on any atom is 0.0101 e. The first-order valence-corrected chi connectivity index (χ1v) is 7.87. The minimum atomic E-state index is 0.342. The van der Waals surface area contributed by atoms with Crippen molar-refractivity contribution in [3.05, 3.63) is 71.8 Å². The summed E-state index contributed by atoms with van der Waals surface area (Å²) in [6.45, 7) is 8.92. The van der Waals surface area contributed by atoms with Crippen LogP contribution < -0.4 is 5.32 Å². The van der Waals surface area contributed by atoms with Crippen LogP contribution in [0.3, 0.4) is 0 Å². The lowest BCUT2D eigenvalue weighted by Crippen LogP contribution is -2.28. The van der Waals surface area contributed by atoms with Gasteiger partial charge >= 0.3 is 0 Å². The molecule has 0 bridgehead atoms. The molecule has 0 aliphatic carbocycles. The molecule has 2 aromatic carbocycles. The number of hydrogen-bond donors (Lipinski definition) is 1. The molecule has 2 rings (SSSR count). The molecule has 0 radical (unpaired) electrons. The molecule has 0 saturated heterocycles. The Hall–Kier alpha value is -1.60. The summed E-state index contributed by atoms with van der Waals surface area (Å²) >= 11 is 0. The first kappa shape index (κ1) is 15.8. The Morgan fingerprint density at radius 2 is 1.29 bits per heavy atom. The van der Waals surface area contributed by atoms with Crippen molar-refractivity contribution >= 4 is 0 Å². The van der Waals surface area contributed by atoms with E-state index in [-0.39, 0.29) is 0 Å². The van der Waals surface area contributed by atoms with Crippen LogP contribution in [0.25, 0.3) is 0 Å². The van der Waals surface area contributed by atoms with Gasteiger partial charge in [-0.3, -0.25) is 0 Å². The highest BCUT2D eigenvalue weighted by Gasteiger charge is 2.14. The number of benzene rings is 2. The highest BCUT2D eigenvalue weighted by atomic mass is 14.9. The number of rotatable bonds is 6. The molecule has 0 fully saturated rings. The molecule has 0 saturated carbocycles. The highest BCUT2D eigenvalue weighted by molar-refractivity contribution is 5.32. The zero-order chi connectivity index (χ0) is 15.1. The predicted molar refractivity (Wildman–Crippen MR) is 91.7 cm³/mol. The van der Waals surface area contributed by atoms with Crippen LogP contribution >= 0.6 is 0 Å². The monoisotopic (exact) mass is 281 g/mol. The topological polar surface area (TPSA) is 12.0 Å². The molecule has 0 unspecified atom stereocenters. The van der Waals surface area contributed by atoms with Crippen molar-refractivity contribution in [1.82, 2.24) is 5.32 Å². The van der Waals surface area contributed by atoms with Crippen LogP contribution in [0, 0.1) is 5.41 Å². The average Bonchev–Trinajstić information content (AvgIpc) is 2.48. The van der Waals surface area contributed by atoms with Gasteiger partial charge in [-0.25, -0.2) is 0 Å². The quantitative estimate of drug-likeness (QED) is 0.747. The summed E-state index contributed by atoms with van der Waals surface area (Å²) in [5.74, 6) is 0.472. The number of nitrogens with one attached hydrogen (secondary N) is 1. The van der Waals surface area contributed by atoms with Crippen molar-refractivity contribution < 1.29 is 0 Å². The van der Waals surface area contributed by atoms with Crippen molar-refractivity contribution in [3.63, 3.8) is 0 Å². The van der Waals surface area contributed by atoms with Gasteiger partial charge in [-0.05, 0) is 36.1 Å². The first-order valence-electron chi connectivity index (χ1n) is 7.87. The molecule has 0 amide bonds. The molecule has 0 aliphatic heterocycles. The Morgan fingerprint density at radius 3 is 1.71 bits per heavy atom. The van der Waals surface area contributed by atoms with Crippen LogP contribution in [0.4, 0.5) is 0 Å². The second-order valence-corrected chi connectivity index (χ2v) is 6.90. The van der Waals surface area contributed by atoms with Crippen LogP contribution in [0.5, 0.6) is 0 Å². The maximum absolute atomic E-state index is 3.60. The molecule has 1 heteroatoms. The van der Waals surface area contributed by atoms with Crippen molar-refractivity contribution in [2.75, 3.05) is 13.1 Å². The normalized spacial score (nSPS) is 11.8. The van der Waals surface area contributed by atoms with Crippen LogP contribution in [0.1, 0.15) is 44.2 Å². The molecule has 0 aliphatic rings. The average molecular weight is 281 g/mol. The van der Waals surface area contributed by atoms with Crippen molar-refractivity contribution in [3.8, 4) is 0 Å². The summed E-state index contributed by atoms with van der Waals surface area (Å²) in [5.41, 5.74) is 3.15. The molecular weight excluding hydrogens is 254 g/mol. The summed E-state index contributed by atoms with van der Waals surface area (Å²) in [6, 6.07) is 21.7. The fourth-order valence-corrected chi connectivity index (χ4v) is 2.61. The van der Waals surface area contributed by atoms with Gasteiger partial charge < -0.3 is 5.32 Å². The molecule has 112 valence electrons. The minimum Gasteiger partial charge on any atom is -0.316 e. The van der Waals surface area contributed by atoms with Gasteiger partial charge in [0.15, 0.2) is 0 Å². The molecule has 1 N–H and O–H groups in total. The van der Waals surface area contributed by atoms with Crippen molar-refractivity contribution in [1.29, 1.82) is 0 Å². The minimum absolute atomic E-state index is 0.342. The maximum atomic E-state index is 3.60. The molecule has 21 heavy (non-hydrogen) atoms. The summed E-state index contributed by atoms with van der Waals surface area (Å²) in [7, 11) is 0. The van der Waals surface area contributed by atoms with Crippen LogP contribution in [-0.4, -0.2) is 13.1 Å². The van der Waals surface area contributed by atoms with E-state index >= 15 is 0 Å². The molecule has 0 aromatic heterocycles. The van der Waals surface area contributed by atoms with E-state index in [4.69, 9.17) is 0 Å². The molecule has 0 heterocycles. The van der Waals surface area contributed by atoms with Crippen molar-refractivity contribution in [2.24, 2.45) is 5.41 Å². The second kappa shape index (κ2) is 7.42. The fourth-order valence-electron chi connectivity index (χ4n) is 2.61. The third-order valence-electron chi connectivity index (χ3n) is 3.67. The predicted octanol–water partition coefficient (Wildman–Crippen LogP) is 4.84. The van der Waals surface area contributed by atoms with Gasteiger partial charge in [0, 0.05) is 5.92 Å². The first-order chi connectivity index (χ1) is 10.1. The Balaban J connectivity index is 2.04. The zero-order valence-electron chi connectivity index (χ0n) is 13.5. The van der Waals surface area contributed by atoms with E-state index in [1.54, 1.807) is 0 Å². The summed E-state index contributed by atoms with van der Waals surface area (Å²) in [6.07, 6.45) is 1.13. The van der Waals surface area contributed by atoms with Gasteiger partial charge in [0.25, 0.3) is 0 Å². The highest BCUT2D eigenvalue weighted by Crippen LogP contribution is 2.27. The van der Waals surface area contributed by atoms with E-state index in [0.29, 0.717) is 11.3 Å². The van der Waals surface area contributed by atoms with Crippen LogP contribution in [0.2, 0.25) is 0 Å². The van der Waals surface area contributed by atoms with E-state index in [2.05, 4.69) is 86.8 Å². The molecule has 0 atom stereocenters. The summed E-state index contributed by atoms with van der Waals surface area (Å²) < 4.78 is 0. The van der Waals surface area contributed by atoms with Gasteiger partial charge in [0.1, 0.15) is 0 Å². The van der Waals surface area contributed by atoms with Crippen LogP contribution in [-0.2, 0) is 0 Å². The van der Waals surface area contributed by atoms with E-state index < -0.39 is 0 Å². The zero-order valence-corrected chi connectivity index (χ0v) is 13.5. The lowest BCUT2D eigenvalue weighted by molar-refractivity contribution is 0.377. The Bertz CT molecular complexity index is 471. The summed E-state index contributed by atoms with van der Waals surface area (Å²) in [4.78, 5) is 0. The standard InChI is InChI=1S/C20H27N/c1-20(2,3)16-21-15-14-19(17-10-6-4-7-11-17)18-12-8-5-9-13-18/h4-13,19,21H,14-16H2,1-3H3. The van der Waals surface area contributed by atoms with Crippen LogP contribution in [0.15, 0.2) is 60.7 Å². The molecular formula is C20H27N. The van der Waals surface area contributed by atoms with Crippen molar-refractivity contribution in [2.45, 2.75) is 33.1 Å². The van der Waals surface area contributed by atoms with E-state index in [1.807, 2.05) is 0 Å². The largest absolute Gasteiger partial charge is 0.316 e. The number of hydrogen-bond acceptors (Lipinski definition) is 1. The fraction of sp³-hybridized carbons (Fsp3) is 0.400. The Morgan fingerprint density at radius 1 is 0.810 bits per heavy atom. The smallest absolute Gasteiger partial charge is 0.0101 e. The lowest BCUT2D eigenvalue weighted by Gasteiger charge is -2.22. The van der Waals surface area contributed by atoms with E-state index in [1.165, 1.54) is 11.1 Å². The molecule has 0 spiro atoms. The van der Waals surface area contributed by atoms with Gasteiger partial charge in [0.2, 0.25) is 0 Å². The van der Waals surface area contributed by atoms with Gasteiger partial charge in [-0.15, -0.1) is 0 Å². The van der Waals surface area contributed by atoms with Gasteiger partial charge in [-0.1, -0.05) is 81.4 Å². The van der Waals surface area contributed by atoms with Gasteiger partial charge in [-0.2, -0.15) is 0 Å². The Kier molecular flexibility index (Phi) is 5.58. The SMILES string of the molecule is CC(C)(C)CNCCC(c1ccccc1)c1ccccc1. The third-order valence-corrected chi connectivity index (χ3v) is 3.67. The molecule has 1 nitrogen and oxygen atoms in total.